The Labute approximate surface area is 103 Å². The molecule has 0 atom stereocenters. The summed E-state index contributed by atoms with van der Waals surface area (Å²) in [6.45, 7) is 0.242. The van der Waals surface area contributed by atoms with Gasteiger partial charge in [-0.25, -0.2) is 9.37 Å². The number of amides is 1. The van der Waals surface area contributed by atoms with Crippen molar-refractivity contribution in [1.82, 2.24) is 14.9 Å². The second-order valence-corrected chi connectivity index (χ2v) is 3.88. The van der Waals surface area contributed by atoms with Crippen LogP contribution >= 0.6 is 0 Å². The highest BCUT2D eigenvalue weighted by molar-refractivity contribution is 5.94. The molecule has 0 aliphatic rings. The number of rotatable bonds is 3. The van der Waals surface area contributed by atoms with Gasteiger partial charge in [-0.3, -0.25) is 4.79 Å². The molecule has 0 unspecified atom stereocenters. The van der Waals surface area contributed by atoms with Crippen molar-refractivity contribution in [2.75, 3.05) is 5.73 Å². The molecule has 1 heterocycles. The second-order valence-electron chi connectivity index (χ2n) is 3.88. The SMILES string of the molecule is Cn1ccnc1CNC(=O)c1ccc(N)cc1F. The molecular formula is C12H13FN4O. The van der Waals surface area contributed by atoms with Crippen LogP contribution in [0.2, 0.25) is 0 Å². The Balaban J connectivity index is 2.06. The smallest absolute Gasteiger partial charge is 0.254 e. The monoisotopic (exact) mass is 248 g/mol. The summed E-state index contributed by atoms with van der Waals surface area (Å²) in [5.74, 6) is -0.429. The number of aryl methyl sites for hydroxylation is 1. The third-order valence-electron chi connectivity index (χ3n) is 2.57. The lowest BCUT2D eigenvalue weighted by atomic mass is 10.2. The fourth-order valence-corrected chi connectivity index (χ4v) is 1.54. The molecular weight excluding hydrogens is 235 g/mol. The van der Waals surface area contributed by atoms with E-state index in [1.165, 1.54) is 12.1 Å². The summed E-state index contributed by atoms with van der Waals surface area (Å²) < 4.78 is 15.3. The minimum absolute atomic E-state index is 0.0293. The van der Waals surface area contributed by atoms with E-state index in [2.05, 4.69) is 10.3 Å². The Morgan fingerprint density at radius 1 is 1.56 bits per heavy atom. The molecule has 0 bridgehead atoms. The van der Waals surface area contributed by atoms with Gasteiger partial charge >= 0.3 is 0 Å². The average Bonchev–Trinajstić information content (AvgIpc) is 2.72. The number of halogens is 1. The third kappa shape index (κ3) is 2.48. The number of carbonyl (C=O) groups is 1. The molecule has 0 saturated heterocycles. The highest BCUT2D eigenvalue weighted by atomic mass is 19.1. The van der Waals surface area contributed by atoms with Crippen LogP contribution in [0.15, 0.2) is 30.6 Å². The zero-order valence-electron chi connectivity index (χ0n) is 9.85. The van der Waals surface area contributed by atoms with Crippen LogP contribution < -0.4 is 11.1 Å². The van der Waals surface area contributed by atoms with Gasteiger partial charge in [0.05, 0.1) is 12.1 Å². The summed E-state index contributed by atoms with van der Waals surface area (Å²) in [4.78, 5) is 15.8. The number of hydrogen-bond acceptors (Lipinski definition) is 3. The van der Waals surface area contributed by atoms with Crippen LogP contribution in [-0.4, -0.2) is 15.5 Å². The van der Waals surface area contributed by atoms with Crippen LogP contribution in [-0.2, 0) is 13.6 Å². The first kappa shape index (κ1) is 12.1. The average molecular weight is 248 g/mol. The van der Waals surface area contributed by atoms with Crippen molar-refractivity contribution in [2.45, 2.75) is 6.54 Å². The van der Waals surface area contributed by atoms with E-state index in [1.54, 1.807) is 17.0 Å². The molecule has 2 rings (SSSR count). The Bertz CT molecular complexity index is 579. The minimum Gasteiger partial charge on any atom is -0.399 e. The fourth-order valence-electron chi connectivity index (χ4n) is 1.54. The molecule has 94 valence electrons. The van der Waals surface area contributed by atoms with Crippen molar-refractivity contribution in [3.05, 3.63) is 47.8 Å². The number of benzene rings is 1. The van der Waals surface area contributed by atoms with E-state index < -0.39 is 11.7 Å². The lowest BCUT2D eigenvalue weighted by Gasteiger charge is -2.06. The topological polar surface area (TPSA) is 72.9 Å². The van der Waals surface area contributed by atoms with Crippen LogP contribution in [0, 0.1) is 5.82 Å². The lowest BCUT2D eigenvalue weighted by Crippen LogP contribution is -2.25. The first-order valence-electron chi connectivity index (χ1n) is 5.37. The van der Waals surface area contributed by atoms with Gasteiger partial charge < -0.3 is 15.6 Å². The molecule has 1 aromatic heterocycles. The Hall–Kier alpha value is -2.37. The molecule has 3 N–H and O–H groups in total. The largest absolute Gasteiger partial charge is 0.399 e. The molecule has 0 saturated carbocycles. The Morgan fingerprint density at radius 3 is 2.94 bits per heavy atom. The third-order valence-corrected chi connectivity index (χ3v) is 2.57. The molecule has 0 spiro atoms. The van der Waals surface area contributed by atoms with E-state index in [0.29, 0.717) is 5.82 Å². The van der Waals surface area contributed by atoms with Gasteiger partial charge in [-0.15, -0.1) is 0 Å². The van der Waals surface area contributed by atoms with Crippen LogP contribution in [0.4, 0.5) is 10.1 Å². The summed E-state index contributed by atoms with van der Waals surface area (Å²) in [5.41, 5.74) is 5.67. The summed E-state index contributed by atoms with van der Waals surface area (Å²) in [5, 5.41) is 2.60. The molecule has 0 aliphatic carbocycles. The highest BCUT2D eigenvalue weighted by Crippen LogP contribution is 2.11. The van der Waals surface area contributed by atoms with Gasteiger partial charge in [-0.2, -0.15) is 0 Å². The number of nitrogens with two attached hydrogens (primary N) is 1. The maximum atomic E-state index is 13.5. The van der Waals surface area contributed by atoms with Gasteiger partial charge in [0, 0.05) is 25.1 Å². The summed E-state index contributed by atoms with van der Waals surface area (Å²) in [7, 11) is 1.82. The van der Waals surface area contributed by atoms with Crippen molar-refractivity contribution in [3.63, 3.8) is 0 Å². The predicted molar refractivity (Wildman–Crippen MR) is 65.2 cm³/mol. The normalized spacial score (nSPS) is 10.3. The number of aromatic nitrogens is 2. The van der Waals surface area contributed by atoms with Gasteiger partial charge in [0.15, 0.2) is 0 Å². The number of hydrogen-bond donors (Lipinski definition) is 2. The summed E-state index contributed by atoms with van der Waals surface area (Å²) in [6, 6.07) is 3.97. The number of nitrogen functional groups attached to an aromatic ring is 1. The van der Waals surface area contributed by atoms with Crippen molar-refractivity contribution in [3.8, 4) is 0 Å². The van der Waals surface area contributed by atoms with Gasteiger partial charge in [0.2, 0.25) is 0 Å². The van der Waals surface area contributed by atoms with Crippen LogP contribution in [0.1, 0.15) is 16.2 Å². The molecule has 6 heteroatoms. The molecule has 1 amide bonds. The Morgan fingerprint density at radius 2 is 2.33 bits per heavy atom. The number of nitrogens with zero attached hydrogens (tertiary/aromatic N) is 2. The first-order chi connectivity index (χ1) is 8.58. The van der Waals surface area contributed by atoms with Crippen molar-refractivity contribution < 1.29 is 9.18 Å². The van der Waals surface area contributed by atoms with Gasteiger partial charge in [-0.05, 0) is 18.2 Å². The minimum atomic E-state index is -0.632. The number of anilines is 1. The van der Waals surface area contributed by atoms with Crippen molar-refractivity contribution >= 4 is 11.6 Å². The fraction of sp³-hybridized carbons (Fsp3) is 0.167. The van der Waals surface area contributed by atoms with Crippen molar-refractivity contribution in [1.29, 1.82) is 0 Å². The molecule has 0 aliphatic heterocycles. The summed E-state index contributed by atoms with van der Waals surface area (Å²) in [6.07, 6.45) is 3.40. The predicted octanol–water partition coefficient (Wildman–Crippen LogP) is 1.07. The van der Waals surface area contributed by atoms with Gasteiger partial charge in [0.1, 0.15) is 11.6 Å². The van der Waals surface area contributed by atoms with E-state index in [9.17, 15) is 9.18 Å². The quantitative estimate of drug-likeness (QED) is 0.798. The Kier molecular flexibility index (Phi) is 3.27. The van der Waals surface area contributed by atoms with E-state index in [0.717, 1.165) is 6.07 Å². The van der Waals surface area contributed by atoms with E-state index in [1.807, 2.05) is 7.05 Å². The number of nitrogens with one attached hydrogen (secondary N) is 1. The van der Waals surface area contributed by atoms with E-state index in [-0.39, 0.29) is 17.8 Å². The maximum absolute atomic E-state index is 13.5. The van der Waals surface area contributed by atoms with Crippen LogP contribution in [0.3, 0.4) is 0 Å². The summed E-state index contributed by atoms with van der Waals surface area (Å²) >= 11 is 0. The van der Waals surface area contributed by atoms with Crippen LogP contribution in [0.25, 0.3) is 0 Å². The zero-order valence-corrected chi connectivity index (χ0v) is 9.85. The first-order valence-corrected chi connectivity index (χ1v) is 5.37. The van der Waals surface area contributed by atoms with Crippen molar-refractivity contribution in [2.24, 2.45) is 7.05 Å². The zero-order chi connectivity index (χ0) is 13.1. The van der Waals surface area contributed by atoms with Gasteiger partial charge in [-0.1, -0.05) is 0 Å². The molecule has 2 aromatic rings. The molecule has 0 radical (unpaired) electrons. The molecule has 1 aromatic carbocycles. The lowest BCUT2D eigenvalue weighted by molar-refractivity contribution is 0.0945. The van der Waals surface area contributed by atoms with Crippen LogP contribution in [0.5, 0.6) is 0 Å². The van der Waals surface area contributed by atoms with Gasteiger partial charge in [0.25, 0.3) is 5.91 Å². The highest BCUT2D eigenvalue weighted by Gasteiger charge is 2.12. The number of carbonyl (C=O) groups excluding carboxylic acids is 1. The molecule has 0 fully saturated rings. The maximum Gasteiger partial charge on any atom is 0.254 e. The molecule has 18 heavy (non-hydrogen) atoms. The van der Waals surface area contributed by atoms with E-state index >= 15 is 0 Å². The number of imidazole rings is 1. The molecule has 5 nitrogen and oxygen atoms in total. The van der Waals surface area contributed by atoms with E-state index in [4.69, 9.17) is 5.73 Å². The second kappa shape index (κ2) is 4.87. The standard InChI is InChI=1S/C12H13FN4O/c1-17-5-4-15-11(17)7-16-12(18)9-3-2-8(14)6-10(9)13/h2-6H,7,14H2,1H3,(H,16,18).